The molecule has 0 radical (unpaired) electrons. The highest BCUT2D eigenvalue weighted by Crippen LogP contribution is 2.37. The van der Waals surface area contributed by atoms with Gasteiger partial charge in [-0.15, -0.1) is 0 Å². The molecule has 3 nitrogen and oxygen atoms in total. The Bertz CT molecular complexity index is 303. The number of ether oxygens (including phenoxy) is 1. The van der Waals surface area contributed by atoms with Crippen LogP contribution < -0.4 is 5.32 Å². The molecule has 0 aromatic heterocycles. The number of hydrogen-bond donors (Lipinski definition) is 2. The van der Waals surface area contributed by atoms with Gasteiger partial charge in [0.15, 0.2) is 0 Å². The molecule has 19 heavy (non-hydrogen) atoms. The highest BCUT2D eigenvalue weighted by atomic mass is 19.4. The van der Waals surface area contributed by atoms with E-state index in [9.17, 15) is 18.3 Å². The third kappa shape index (κ3) is 3.61. The van der Waals surface area contributed by atoms with Gasteiger partial charge in [-0.1, -0.05) is 0 Å². The number of halogens is 3. The molecule has 0 spiro atoms. The Morgan fingerprint density at radius 1 is 1.26 bits per heavy atom. The van der Waals surface area contributed by atoms with E-state index in [1.165, 1.54) is 0 Å². The van der Waals surface area contributed by atoms with Gasteiger partial charge in [-0.2, -0.15) is 13.2 Å². The van der Waals surface area contributed by atoms with Crippen molar-refractivity contribution in [1.29, 1.82) is 0 Å². The van der Waals surface area contributed by atoms with E-state index in [0.717, 1.165) is 0 Å². The van der Waals surface area contributed by atoms with Crippen molar-refractivity contribution in [2.75, 3.05) is 13.2 Å². The molecule has 1 aliphatic heterocycles. The van der Waals surface area contributed by atoms with Gasteiger partial charge in [-0.25, -0.2) is 0 Å². The summed E-state index contributed by atoms with van der Waals surface area (Å²) < 4.78 is 42.9. The molecular weight excluding hydrogens is 259 g/mol. The standard InChI is InChI=1S/C13H22F3NO2/c1-9-12(18,6-7-19-9)8-17-11-4-2-10(3-5-11)13(14,15)16/h9-11,17-18H,2-8H2,1H3. The van der Waals surface area contributed by atoms with Crippen molar-refractivity contribution in [2.45, 2.75) is 63.0 Å². The SMILES string of the molecule is CC1OCCC1(O)CNC1CCC(C(F)(F)F)CC1. The van der Waals surface area contributed by atoms with E-state index in [1.807, 2.05) is 6.92 Å². The number of rotatable bonds is 3. The topological polar surface area (TPSA) is 41.5 Å². The zero-order valence-electron chi connectivity index (χ0n) is 11.2. The highest BCUT2D eigenvalue weighted by Gasteiger charge is 2.43. The molecule has 0 amide bonds. The van der Waals surface area contributed by atoms with Gasteiger partial charge < -0.3 is 15.2 Å². The van der Waals surface area contributed by atoms with Crippen molar-refractivity contribution >= 4 is 0 Å². The molecule has 1 aliphatic carbocycles. The van der Waals surface area contributed by atoms with Gasteiger partial charge in [0.1, 0.15) is 5.60 Å². The van der Waals surface area contributed by atoms with E-state index in [1.54, 1.807) is 0 Å². The molecule has 0 aromatic carbocycles. The Kier molecular flexibility index (Phi) is 4.42. The van der Waals surface area contributed by atoms with Gasteiger partial charge in [-0.05, 0) is 32.6 Å². The molecule has 2 rings (SSSR count). The van der Waals surface area contributed by atoms with Crippen LogP contribution in [0.1, 0.15) is 39.0 Å². The maximum atomic E-state index is 12.5. The van der Waals surface area contributed by atoms with E-state index >= 15 is 0 Å². The lowest BCUT2D eigenvalue weighted by Gasteiger charge is -2.33. The number of nitrogens with one attached hydrogen (secondary N) is 1. The molecule has 0 bridgehead atoms. The lowest BCUT2D eigenvalue weighted by molar-refractivity contribution is -0.182. The van der Waals surface area contributed by atoms with Crippen molar-refractivity contribution in [3.05, 3.63) is 0 Å². The van der Waals surface area contributed by atoms with Gasteiger partial charge in [0, 0.05) is 25.6 Å². The molecule has 112 valence electrons. The Labute approximate surface area is 111 Å². The second kappa shape index (κ2) is 5.58. The Hall–Kier alpha value is -0.330. The smallest absolute Gasteiger partial charge is 0.386 e. The zero-order valence-corrected chi connectivity index (χ0v) is 11.2. The first-order chi connectivity index (χ1) is 8.81. The number of hydrogen-bond acceptors (Lipinski definition) is 3. The quantitative estimate of drug-likeness (QED) is 0.833. The fraction of sp³-hybridized carbons (Fsp3) is 1.00. The number of alkyl halides is 3. The second-order valence-electron chi connectivity index (χ2n) is 5.84. The van der Waals surface area contributed by atoms with Gasteiger partial charge in [-0.3, -0.25) is 0 Å². The summed E-state index contributed by atoms with van der Waals surface area (Å²) in [5.41, 5.74) is -0.874. The van der Waals surface area contributed by atoms with Gasteiger partial charge in [0.05, 0.1) is 12.0 Å². The van der Waals surface area contributed by atoms with Crippen molar-refractivity contribution in [2.24, 2.45) is 5.92 Å². The summed E-state index contributed by atoms with van der Waals surface area (Å²) >= 11 is 0. The van der Waals surface area contributed by atoms with Crippen LogP contribution >= 0.6 is 0 Å². The Balaban J connectivity index is 1.74. The van der Waals surface area contributed by atoms with Crippen LogP contribution in [0, 0.1) is 5.92 Å². The molecule has 2 atom stereocenters. The lowest BCUT2D eigenvalue weighted by Crippen LogP contribution is -2.49. The van der Waals surface area contributed by atoms with E-state index in [2.05, 4.69) is 5.32 Å². The molecule has 1 saturated heterocycles. The zero-order chi connectivity index (χ0) is 14.1. The second-order valence-corrected chi connectivity index (χ2v) is 5.84. The van der Waals surface area contributed by atoms with Crippen molar-refractivity contribution < 1.29 is 23.0 Å². The first-order valence-corrected chi connectivity index (χ1v) is 6.95. The minimum Gasteiger partial charge on any atom is -0.386 e. The van der Waals surface area contributed by atoms with Gasteiger partial charge in [0.25, 0.3) is 0 Å². The van der Waals surface area contributed by atoms with Crippen LogP contribution in [0.5, 0.6) is 0 Å². The molecule has 2 fully saturated rings. The summed E-state index contributed by atoms with van der Waals surface area (Å²) in [6.45, 7) is 2.77. The minimum atomic E-state index is -4.06. The van der Waals surface area contributed by atoms with Crippen LogP contribution in [-0.2, 0) is 4.74 Å². The number of aliphatic hydroxyl groups is 1. The van der Waals surface area contributed by atoms with Gasteiger partial charge in [0.2, 0.25) is 0 Å². The monoisotopic (exact) mass is 281 g/mol. The van der Waals surface area contributed by atoms with Crippen molar-refractivity contribution in [1.82, 2.24) is 5.32 Å². The van der Waals surface area contributed by atoms with Crippen LogP contribution in [0.4, 0.5) is 13.2 Å². The first-order valence-electron chi connectivity index (χ1n) is 6.95. The van der Waals surface area contributed by atoms with Crippen LogP contribution in [0.3, 0.4) is 0 Å². The normalized spacial score (nSPS) is 40.6. The highest BCUT2D eigenvalue weighted by molar-refractivity contribution is 4.93. The predicted molar refractivity (Wildman–Crippen MR) is 64.8 cm³/mol. The molecule has 2 unspecified atom stereocenters. The molecule has 2 N–H and O–H groups in total. The summed E-state index contributed by atoms with van der Waals surface area (Å²) in [6, 6.07) is 0.0791. The summed E-state index contributed by atoms with van der Waals surface area (Å²) in [5, 5.41) is 13.5. The van der Waals surface area contributed by atoms with Crippen LogP contribution in [0.25, 0.3) is 0 Å². The fourth-order valence-electron chi connectivity index (χ4n) is 2.95. The van der Waals surface area contributed by atoms with Crippen LogP contribution in [-0.4, -0.2) is 42.2 Å². The molecule has 2 aliphatic rings. The lowest BCUT2D eigenvalue weighted by atomic mass is 9.85. The summed E-state index contributed by atoms with van der Waals surface area (Å²) in [7, 11) is 0. The average molecular weight is 281 g/mol. The van der Waals surface area contributed by atoms with Gasteiger partial charge >= 0.3 is 6.18 Å². The fourth-order valence-corrected chi connectivity index (χ4v) is 2.95. The summed E-state index contributed by atoms with van der Waals surface area (Å²) in [5.74, 6) is -1.15. The first kappa shape index (κ1) is 15.1. The Morgan fingerprint density at radius 3 is 2.37 bits per heavy atom. The molecule has 1 heterocycles. The predicted octanol–water partition coefficient (Wildman–Crippen LogP) is 2.24. The molecular formula is C13H22F3NO2. The third-order valence-electron chi connectivity index (χ3n) is 4.55. The van der Waals surface area contributed by atoms with Crippen molar-refractivity contribution in [3.8, 4) is 0 Å². The van der Waals surface area contributed by atoms with E-state index in [0.29, 0.717) is 32.4 Å². The minimum absolute atomic E-state index is 0.0791. The average Bonchev–Trinajstić information content (AvgIpc) is 2.67. The molecule has 0 aromatic rings. The third-order valence-corrected chi connectivity index (χ3v) is 4.55. The largest absolute Gasteiger partial charge is 0.391 e. The van der Waals surface area contributed by atoms with Crippen LogP contribution in [0.2, 0.25) is 0 Å². The van der Waals surface area contributed by atoms with E-state index < -0.39 is 17.7 Å². The summed E-state index contributed by atoms with van der Waals surface area (Å²) in [4.78, 5) is 0. The van der Waals surface area contributed by atoms with E-state index in [-0.39, 0.29) is 25.0 Å². The van der Waals surface area contributed by atoms with Crippen LogP contribution in [0.15, 0.2) is 0 Å². The maximum absolute atomic E-state index is 12.5. The summed E-state index contributed by atoms with van der Waals surface area (Å²) in [6.07, 6.45) is -2.27. The molecule has 6 heteroatoms. The maximum Gasteiger partial charge on any atom is 0.391 e. The van der Waals surface area contributed by atoms with E-state index in [4.69, 9.17) is 4.74 Å². The van der Waals surface area contributed by atoms with Crippen molar-refractivity contribution in [3.63, 3.8) is 0 Å². The Morgan fingerprint density at radius 2 is 1.89 bits per heavy atom. The molecule has 1 saturated carbocycles.